The van der Waals surface area contributed by atoms with E-state index in [4.69, 9.17) is 16.3 Å². The lowest BCUT2D eigenvalue weighted by atomic mass is 10.5. The summed E-state index contributed by atoms with van der Waals surface area (Å²) >= 11 is 5.30. The average molecular weight is 179 g/mol. The highest BCUT2D eigenvalue weighted by Gasteiger charge is 2.11. The van der Waals surface area contributed by atoms with Crippen LogP contribution in [0.1, 0.15) is 0 Å². The topological polar surface area (TPSA) is 41.6 Å². The third-order valence-electron chi connectivity index (χ3n) is 1.42. The Balaban J connectivity index is 2.19. The Morgan fingerprint density at radius 1 is 1.55 bits per heavy atom. The molecule has 0 aromatic carbocycles. The summed E-state index contributed by atoms with van der Waals surface area (Å²) in [6.07, 6.45) is 0. The Bertz CT molecular complexity index is 137. The SMILES string of the molecule is O=C(CCl)NN1CCOCC1. The molecule has 1 amide bonds. The van der Waals surface area contributed by atoms with E-state index in [0.717, 1.165) is 13.1 Å². The first-order chi connectivity index (χ1) is 5.33. The largest absolute Gasteiger partial charge is 0.379 e. The smallest absolute Gasteiger partial charge is 0.249 e. The minimum Gasteiger partial charge on any atom is -0.379 e. The molecule has 0 spiro atoms. The molecule has 0 aromatic rings. The fourth-order valence-corrected chi connectivity index (χ4v) is 0.941. The highest BCUT2D eigenvalue weighted by atomic mass is 35.5. The lowest BCUT2D eigenvalue weighted by molar-refractivity contribution is -0.125. The maximum atomic E-state index is 10.8. The molecular weight excluding hydrogens is 168 g/mol. The van der Waals surface area contributed by atoms with Gasteiger partial charge in [-0.1, -0.05) is 0 Å². The number of nitrogens with one attached hydrogen (secondary N) is 1. The van der Waals surface area contributed by atoms with E-state index in [1.54, 1.807) is 0 Å². The van der Waals surface area contributed by atoms with E-state index in [2.05, 4.69) is 5.43 Å². The van der Waals surface area contributed by atoms with E-state index in [9.17, 15) is 4.79 Å². The van der Waals surface area contributed by atoms with Gasteiger partial charge in [-0.05, 0) is 0 Å². The van der Waals surface area contributed by atoms with E-state index in [0.29, 0.717) is 13.2 Å². The molecule has 1 aliphatic rings. The minimum atomic E-state index is -0.159. The molecule has 1 saturated heterocycles. The van der Waals surface area contributed by atoms with E-state index in [-0.39, 0.29) is 11.8 Å². The van der Waals surface area contributed by atoms with Crippen molar-refractivity contribution < 1.29 is 9.53 Å². The number of carbonyl (C=O) groups is 1. The van der Waals surface area contributed by atoms with Crippen molar-refractivity contribution in [1.82, 2.24) is 10.4 Å². The van der Waals surface area contributed by atoms with Gasteiger partial charge in [0.2, 0.25) is 5.91 Å². The van der Waals surface area contributed by atoms with Gasteiger partial charge in [0.1, 0.15) is 5.88 Å². The molecule has 11 heavy (non-hydrogen) atoms. The second kappa shape index (κ2) is 4.54. The van der Waals surface area contributed by atoms with Crippen LogP contribution in [0.4, 0.5) is 0 Å². The Kier molecular flexibility index (Phi) is 3.62. The first kappa shape index (κ1) is 8.77. The molecule has 0 bridgehead atoms. The van der Waals surface area contributed by atoms with Crippen molar-refractivity contribution in [3.05, 3.63) is 0 Å². The van der Waals surface area contributed by atoms with Crippen LogP contribution >= 0.6 is 11.6 Å². The monoisotopic (exact) mass is 178 g/mol. The van der Waals surface area contributed by atoms with E-state index >= 15 is 0 Å². The summed E-state index contributed by atoms with van der Waals surface area (Å²) < 4.78 is 5.09. The van der Waals surface area contributed by atoms with E-state index in [1.807, 2.05) is 5.01 Å². The predicted octanol–water partition coefficient (Wildman–Crippen LogP) is -0.411. The molecule has 1 N–H and O–H groups in total. The fraction of sp³-hybridized carbons (Fsp3) is 0.833. The average Bonchev–Trinajstić information content (AvgIpc) is 2.06. The van der Waals surface area contributed by atoms with Crippen LogP contribution in [0.25, 0.3) is 0 Å². The third kappa shape index (κ3) is 3.05. The number of ether oxygens (including phenoxy) is 1. The number of rotatable bonds is 2. The van der Waals surface area contributed by atoms with Gasteiger partial charge in [-0.25, -0.2) is 5.01 Å². The van der Waals surface area contributed by atoms with Crippen LogP contribution in [-0.4, -0.2) is 43.1 Å². The van der Waals surface area contributed by atoms with Gasteiger partial charge < -0.3 is 4.74 Å². The molecular formula is C6H11ClN2O2. The summed E-state index contributed by atoms with van der Waals surface area (Å²) in [7, 11) is 0. The summed E-state index contributed by atoms with van der Waals surface area (Å²) in [5.74, 6) is -0.147. The Labute approximate surface area is 70.4 Å². The third-order valence-corrected chi connectivity index (χ3v) is 1.66. The zero-order chi connectivity index (χ0) is 8.10. The number of hydrazine groups is 1. The molecule has 0 aliphatic carbocycles. The van der Waals surface area contributed by atoms with Crippen molar-refractivity contribution in [2.45, 2.75) is 0 Å². The van der Waals surface area contributed by atoms with Gasteiger partial charge in [-0.2, -0.15) is 0 Å². The molecule has 1 heterocycles. The van der Waals surface area contributed by atoms with E-state index in [1.165, 1.54) is 0 Å². The number of hydrogen-bond acceptors (Lipinski definition) is 3. The highest BCUT2D eigenvalue weighted by Crippen LogP contribution is 1.92. The van der Waals surface area contributed by atoms with Gasteiger partial charge in [0.05, 0.1) is 13.2 Å². The first-order valence-electron chi connectivity index (χ1n) is 3.51. The van der Waals surface area contributed by atoms with E-state index < -0.39 is 0 Å². The molecule has 0 radical (unpaired) electrons. The predicted molar refractivity (Wildman–Crippen MR) is 41.3 cm³/mol. The van der Waals surface area contributed by atoms with Crippen LogP contribution in [-0.2, 0) is 9.53 Å². The standard InChI is InChI=1S/C6H11ClN2O2/c7-5-6(10)8-9-1-3-11-4-2-9/h1-5H2,(H,8,10). The summed E-state index contributed by atoms with van der Waals surface area (Å²) in [6.45, 7) is 2.82. The van der Waals surface area contributed by atoms with Gasteiger partial charge in [0.25, 0.3) is 0 Å². The molecule has 1 aliphatic heterocycles. The van der Waals surface area contributed by atoms with Crippen molar-refractivity contribution in [2.75, 3.05) is 32.2 Å². The molecule has 0 aromatic heterocycles. The van der Waals surface area contributed by atoms with Crippen molar-refractivity contribution in [3.63, 3.8) is 0 Å². The summed E-state index contributed by atoms with van der Waals surface area (Å²) in [4.78, 5) is 10.8. The van der Waals surface area contributed by atoms with Crippen molar-refractivity contribution in [3.8, 4) is 0 Å². The number of morpholine rings is 1. The lowest BCUT2D eigenvalue weighted by Crippen LogP contribution is -2.48. The van der Waals surface area contributed by atoms with Gasteiger partial charge in [-0.15, -0.1) is 11.6 Å². The molecule has 4 nitrogen and oxygen atoms in total. The normalized spacial score (nSPS) is 19.7. The van der Waals surface area contributed by atoms with Gasteiger partial charge in [0.15, 0.2) is 0 Å². The van der Waals surface area contributed by atoms with Crippen LogP contribution in [0.5, 0.6) is 0 Å². The summed E-state index contributed by atoms with van der Waals surface area (Å²) in [6, 6.07) is 0. The molecule has 0 atom stereocenters. The maximum absolute atomic E-state index is 10.8. The number of hydrogen-bond donors (Lipinski definition) is 1. The quantitative estimate of drug-likeness (QED) is 0.585. The number of carbonyl (C=O) groups excluding carboxylic acids is 1. The number of amides is 1. The minimum absolute atomic E-state index is 0.0113. The van der Waals surface area contributed by atoms with Crippen LogP contribution in [0, 0.1) is 0 Å². The Morgan fingerprint density at radius 3 is 2.73 bits per heavy atom. The molecule has 64 valence electrons. The highest BCUT2D eigenvalue weighted by molar-refractivity contribution is 6.27. The fourth-order valence-electron chi connectivity index (χ4n) is 0.881. The zero-order valence-electron chi connectivity index (χ0n) is 6.18. The summed E-state index contributed by atoms with van der Waals surface area (Å²) in [5.41, 5.74) is 2.65. The lowest BCUT2D eigenvalue weighted by Gasteiger charge is -2.26. The summed E-state index contributed by atoms with van der Waals surface area (Å²) in [5, 5.41) is 1.81. The second-order valence-corrected chi connectivity index (χ2v) is 2.54. The first-order valence-corrected chi connectivity index (χ1v) is 4.04. The number of halogens is 1. The van der Waals surface area contributed by atoms with Crippen molar-refractivity contribution in [1.29, 1.82) is 0 Å². The van der Waals surface area contributed by atoms with Crippen LogP contribution in [0.2, 0.25) is 0 Å². The van der Waals surface area contributed by atoms with Crippen LogP contribution < -0.4 is 5.43 Å². The second-order valence-electron chi connectivity index (χ2n) is 2.27. The molecule has 5 heteroatoms. The van der Waals surface area contributed by atoms with Crippen molar-refractivity contribution in [2.24, 2.45) is 0 Å². The number of alkyl halides is 1. The van der Waals surface area contributed by atoms with Crippen LogP contribution in [0.3, 0.4) is 0 Å². The molecule has 1 rings (SSSR count). The van der Waals surface area contributed by atoms with Gasteiger partial charge >= 0.3 is 0 Å². The zero-order valence-corrected chi connectivity index (χ0v) is 6.93. The van der Waals surface area contributed by atoms with Gasteiger partial charge in [0, 0.05) is 13.1 Å². The molecule has 1 fully saturated rings. The Hall–Kier alpha value is -0.320. The van der Waals surface area contributed by atoms with Crippen LogP contribution in [0.15, 0.2) is 0 Å². The Morgan fingerprint density at radius 2 is 2.18 bits per heavy atom. The van der Waals surface area contributed by atoms with Crippen molar-refractivity contribution >= 4 is 17.5 Å². The maximum Gasteiger partial charge on any atom is 0.249 e. The molecule has 0 unspecified atom stereocenters. The van der Waals surface area contributed by atoms with Gasteiger partial charge in [-0.3, -0.25) is 10.2 Å². The number of nitrogens with zero attached hydrogens (tertiary/aromatic N) is 1. The molecule has 0 saturated carbocycles.